The van der Waals surface area contributed by atoms with Crippen molar-refractivity contribution >= 4 is 11.8 Å². The lowest BCUT2D eigenvalue weighted by molar-refractivity contribution is -0.169. The van der Waals surface area contributed by atoms with Gasteiger partial charge in [0.05, 0.1) is 32.5 Å². The molecule has 21 heavy (non-hydrogen) atoms. The van der Waals surface area contributed by atoms with E-state index < -0.39 is 0 Å². The monoisotopic (exact) mass is 296 g/mol. The third-order valence-corrected chi connectivity index (χ3v) is 4.69. The van der Waals surface area contributed by atoms with Crippen LogP contribution in [-0.2, 0) is 19.1 Å². The average Bonchev–Trinajstić information content (AvgIpc) is 2.54. The van der Waals surface area contributed by atoms with Gasteiger partial charge in [-0.2, -0.15) is 0 Å². The number of amides is 2. The van der Waals surface area contributed by atoms with Crippen LogP contribution in [0.5, 0.6) is 0 Å². The van der Waals surface area contributed by atoms with E-state index in [-0.39, 0.29) is 30.0 Å². The SMILES string of the molecule is CCC1C(=O)N2CCCCC2C(=O)N1CC1COCCO1. The molecule has 3 aliphatic rings. The minimum atomic E-state index is -0.336. The van der Waals surface area contributed by atoms with Gasteiger partial charge in [-0.25, -0.2) is 0 Å². The van der Waals surface area contributed by atoms with Crippen LogP contribution in [0.1, 0.15) is 32.6 Å². The van der Waals surface area contributed by atoms with Crippen LogP contribution < -0.4 is 0 Å². The summed E-state index contributed by atoms with van der Waals surface area (Å²) >= 11 is 0. The van der Waals surface area contributed by atoms with E-state index >= 15 is 0 Å². The van der Waals surface area contributed by atoms with Crippen LogP contribution >= 0.6 is 0 Å². The summed E-state index contributed by atoms with van der Waals surface area (Å²) in [4.78, 5) is 29.0. The molecule has 3 atom stereocenters. The maximum Gasteiger partial charge on any atom is 0.246 e. The van der Waals surface area contributed by atoms with E-state index in [1.165, 1.54) is 0 Å². The summed E-state index contributed by atoms with van der Waals surface area (Å²) in [5.41, 5.74) is 0. The van der Waals surface area contributed by atoms with Crippen LogP contribution in [0.4, 0.5) is 0 Å². The molecule has 3 aliphatic heterocycles. The van der Waals surface area contributed by atoms with Crippen LogP contribution in [0.15, 0.2) is 0 Å². The van der Waals surface area contributed by atoms with Gasteiger partial charge in [0.15, 0.2) is 0 Å². The van der Waals surface area contributed by atoms with Crippen molar-refractivity contribution in [2.24, 2.45) is 0 Å². The molecule has 0 radical (unpaired) electrons. The van der Waals surface area contributed by atoms with Gasteiger partial charge < -0.3 is 19.3 Å². The van der Waals surface area contributed by atoms with Gasteiger partial charge in [0.1, 0.15) is 12.1 Å². The Hall–Kier alpha value is -1.14. The number of hydrogen-bond donors (Lipinski definition) is 0. The Morgan fingerprint density at radius 2 is 2.05 bits per heavy atom. The second-order valence-electron chi connectivity index (χ2n) is 6.03. The van der Waals surface area contributed by atoms with Crippen LogP contribution in [0.2, 0.25) is 0 Å². The van der Waals surface area contributed by atoms with Gasteiger partial charge in [0.25, 0.3) is 0 Å². The van der Waals surface area contributed by atoms with Crippen LogP contribution in [0, 0.1) is 0 Å². The van der Waals surface area contributed by atoms with Crippen molar-refractivity contribution in [2.75, 3.05) is 32.9 Å². The number of rotatable bonds is 3. The molecule has 3 rings (SSSR count). The zero-order chi connectivity index (χ0) is 14.8. The van der Waals surface area contributed by atoms with E-state index in [1.807, 2.05) is 6.92 Å². The standard InChI is InChI=1S/C15H24N2O4/c1-2-12-14(18)16-6-4-3-5-13(16)15(19)17(12)9-11-10-20-7-8-21-11/h11-13H,2-10H2,1H3. The Labute approximate surface area is 125 Å². The summed E-state index contributed by atoms with van der Waals surface area (Å²) in [5.74, 6) is 0.203. The van der Waals surface area contributed by atoms with E-state index in [1.54, 1.807) is 9.80 Å². The molecule has 0 aromatic rings. The molecule has 2 amide bonds. The minimum Gasteiger partial charge on any atom is -0.376 e. The summed E-state index contributed by atoms with van der Waals surface area (Å²) in [6.07, 6.45) is 3.36. The molecular formula is C15H24N2O4. The van der Waals surface area contributed by atoms with Crippen molar-refractivity contribution in [3.05, 3.63) is 0 Å². The zero-order valence-corrected chi connectivity index (χ0v) is 12.6. The minimum absolute atomic E-state index is 0.0929. The first kappa shape index (κ1) is 14.8. The molecule has 0 spiro atoms. The van der Waals surface area contributed by atoms with E-state index in [2.05, 4.69) is 0 Å². The summed E-state index contributed by atoms with van der Waals surface area (Å²) in [5, 5.41) is 0. The molecular weight excluding hydrogens is 272 g/mol. The van der Waals surface area contributed by atoms with Crippen molar-refractivity contribution in [3.8, 4) is 0 Å². The molecule has 3 fully saturated rings. The fraction of sp³-hybridized carbons (Fsp3) is 0.867. The van der Waals surface area contributed by atoms with Crippen molar-refractivity contribution in [1.82, 2.24) is 9.80 Å². The molecule has 0 aromatic carbocycles. The number of ether oxygens (including phenoxy) is 2. The van der Waals surface area contributed by atoms with Gasteiger partial charge in [0.2, 0.25) is 11.8 Å². The Kier molecular flexibility index (Phi) is 4.45. The Balaban J connectivity index is 1.76. The highest BCUT2D eigenvalue weighted by molar-refractivity contribution is 5.97. The third kappa shape index (κ3) is 2.79. The lowest BCUT2D eigenvalue weighted by Gasteiger charge is -2.47. The third-order valence-electron chi connectivity index (χ3n) is 4.69. The van der Waals surface area contributed by atoms with Gasteiger partial charge in [0, 0.05) is 6.54 Å². The first-order chi connectivity index (χ1) is 10.2. The fourth-order valence-electron chi connectivity index (χ4n) is 3.60. The molecule has 0 saturated carbocycles. The molecule has 118 valence electrons. The van der Waals surface area contributed by atoms with Gasteiger partial charge >= 0.3 is 0 Å². The lowest BCUT2D eigenvalue weighted by Crippen LogP contribution is -2.66. The first-order valence-corrected chi connectivity index (χ1v) is 8.02. The average molecular weight is 296 g/mol. The molecule has 0 N–H and O–H groups in total. The molecule has 0 bridgehead atoms. The van der Waals surface area contributed by atoms with Crippen LogP contribution in [0.3, 0.4) is 0 Å². The van der Waals surface area contributed by atoms with Gasteiger partial charge in [-0.15, -0.1) is 0 Å². The molecule has 3 unspecified atom stereocenters. The van der Waals surface area contributed by atoms with E-state index in [0.717, 1.165) is 25.8 Å². The van der Waals surface area contributed by atoms with Gasteiger partial charge in [-0.3, -0.25) is 9.59 Å². The number of carbonyl (C=O) groups excluding carboxylic acids is 2. The number of piperidine rings is 1. The van der Waals surface area contributed by atoms with Crippen molar-refractivity contribution in [2.45, 2.75) is 50.8 Å². The molecule has 6 heteroatoms. The second-order valence-corrected chi connectivity index (χ2v) is 6.03. The summed E-state index contributed by atoms with van der Waals surface area (Å²) in [7, 11) is 0. The molecule has 3 heterocycles. The highest BCUT2D eigenvalue weighted by Gasteiger charge is 2.46. The lowest BCUT2D eigenvalue weighted by atomic mass is 9.94. The molecule has 3 saturated heterocycles. The van der Waals surface area contributed by atoms with Gasteiger partial charge in [-0.05, 0) is 25.7 Å². The van der Waals surface area contributed by atoms with E-state index in [9.17, 15) is 9.59 Å². The molecule has 6 nitrogen and oxygen atoms in total. The van der Waals surface area contributed by atoms with Crippen molar-refractivity contribution in [1.29, 1.82) is 0 Å². The van der Waals surface area contributed by atoms with E-state index in [0.29, 0.717) is 32.8 Å². The number of hydrogen-bond acceptors (Lipinski definition) is 4. The maximum absolute atomic E-state index is 12.8. The Morgan fingerprint density at radius 1 is 1.19 bits per heavy atom. The van der Waals surface area contributed by atoms with Crippen molar-refractivity contribution in [3.63, 3.8) is 0 Å². The summed E-state index contributed by atoms with van der Waals surface area (Å²) < 4.78 is 11.1. The fourth-order valence-corrected chi connectivity index (χ4v) is 3.60. The van der Waals surface area contributed by atoms with E-state index in [4.69, 9.17) is 9.47 Å². The number of nitrogens with zero attached hydrogens (tertiary/aromatic N) is 2. The normalized spacial score (nSPS) is 34.0. The molecule has 0 aromatic heterocycles. The number of piperazine rings is 1. The van der Waals surface area contributed by atoms with Crippen molar-refractivity contribution < 1.29 is 19.1 Å². The quantitative estimate of drug-likeness (QED) is 0.756. The predicted molar refractivity (Wildman–Crippen MR) is 75.7 cm³/mol. The summed E-state index contributed by atoms with van der Waals surface area (Å²) in [6, 6.07) is -0.587. The number of fused-ring (bicyclic) bond motifs is 1. The zero-order valence-electron chi connectivity index (χ0n) is 12.6. The molecule has 0 aliphatic carbocycles. The summed E-state index contributed by atoms with van der Waals surface area (Å²) in [6.45, 7) is 4.83. The first-order valence-electron chi connectivity index (χ1n) is 8.02. The van der Waals surface area contributed by atoms with Crippen LogP contribution in [-0.4, -0.2) is 72.7 Å². The Bertz CT molecular complexity index is 408. The highest BCUT2D eigenvalue weighted by Crippen LogP contribution is 2.27. The topological polar surface area (TPSA) is 59.1 Å². The second kappa shape index (κ2) is 6.32. The van der Waals surface area contributed by atoms with Gasteiger partial charge in [-0.1, -0.05) is 6.92 Å². The van der Waals surface area contributed by atoms with Crippen LogP contribution in [0.25, 0.3) is 0 Å². The maximum atomic E-state index is 12.8. The number of carbonyl (C=O) groups is 2. The predicted octanol–water partition coefficient (Wildman–Crippen LogP) is 0.404. The highest BCUT2D eigenvalue weighted by atomic mass is 16.6. The Morgan fingerprint density at radius 3 is 2.76 bits per heavy atom. The smallest absolute Gasteiger partial charge is 0.246 e. The largest absolute Gasteiger partial charge is 0.376 e.